The number of benzene rings is 1. The van der Waals surface area contributed by atoms with E-state index in [0.29, 0.717) is 12.1 Å². The maximum Gasteiger partial charge on any atom is 0.410 e. The molecular weight excluding hydrogens is 271 g/mol. The number of carbonyl (C=O) groups excluding carboxylic acids is 1. The minimum Gasteiger partial charge on any atom is -0.444 e. The lowest BCUT2D eigenvalue weighted by Crippen LogP contribution is -2.36. The number of rotatable bonds is 1. The van der Waals surface area contributed by atoms with Gasteiger partial charge < -0.3 is 9.64 Å². The van der Waals surface area contributed by atoms with Gasteiger partial charge in [0.15, 0.2) is 0 Å². The smallest absolute Gasteiger partial charge is 0.410 e. The van der Waals surface area contributed by atoms with Crippen LogP contribution in [0.5, 0.6) is 0 Å². The zero-order chi connectivity index (χ0) is 15.6. The van der Waals surface area contributed by atoms with Crippen LogP contribution in [0.4, 0.5) is 9.18 Å². The third-order valence-electron chi connectivity index (χ3n) is 3.31. The average molecular weight is 290 g/mol. The zero-order valence-corrected chi connectivity index (χ0v) is 12.5. The Morgan fingerprint density at radius 2 is 2.14 bits per heavy atom. The number of ether oxygens (including phenoxy) is 1. The molecule has 0 aromatic heterocycles. The molecule has 1 fully saturated rings. The van der Waals surface area contributed by atoms with Gasteiger partial charge >= 0.3 is 6.09 Å². The van der Waals surface area contributed by atoms with E-state index in [1.54, 1.807) is 11.0 Å². The number of hydrogen-bond acceptors (Lipinski definition) is 3. The van der Waals surface area contributed by atoms with Gasteiger partial charge in [-0.15, -0.1) is 0 Å². The number of likely N-dealkylation sites (tertiary alicyclic amines) is 1. The molecule has 0 saturated carbocycles. The number of amides is 1. The summed E-state index contributed by atoms with van der Waals surface area (Å²) in [6.07, 6.45) is 1.18. The summed E-state index contributed by atoms with van der Waals surface area (Å²) in [4.78, 5) is 13.8. The number of carbonyl (C=O) groups is 1. The fourth-order valence-electron chi connectivity index (χ4n) is 2.52. The van der Waals surface area contributed by atoms with Gasteiger partial charge in [0.05, 0.1) is 17.7 Å². The van der Waals surface area contributed by atoms with Gasteiger partial charge in [-0.3, -0.25) is 0 Å². The van der Waals surface area contributed by atoms with E-state index >= 15 is 0 Å². The molecule has 1 aromatic rings. The van der Waals surface area contributed by atoms with Crippen molar-refractivity contribution in [3.05, 3.63) is 35.1 Å². The Morgan fingerprint density at radius 3 is 2.76 bits per heavy atom. The molecule has 1 saturated heterocycles. The van der Waals surface area contributed by atoms with E-state index in [2.05, 4.69) is 0 Å². The monoisotopic (exact) mass is 290 g/mol. The summed E-state index contributed by atoms with van der Waals surface area (Å²) in [7, 11) is 0. The SMILES string of the molecule is CC(C)(C)OC(=O)N1CCC[C@@H]1c1cc(F)cc(C#N)c1. The van der Waals surface area contributed by atoms with Crippen molar-refractivity contribution in [3.63, 3.8) is 0 Å². The molecule has 1 heterocycles. The number of nitrogens with zero attached hydrogens (tertiary/aromatic N) is 2. The van der Waals surface area contributed by atoms with E-state index < -0.39 is 17.5 Å². The van der Waals surface area contributed by atoms with Crippen LogP contribution in [0.3, 0.4) is 0 Å². The molecule has 2 rings (SSSR count). The first-order valence-corrected chi connectivity index (χ1v) is 7.00. The first kappa shape index (κ1) is 15.3. The van der Waals surface area contributed by atoms with Crippen LogP contribution in [0.2, 0.25) is 0 Å². The molecule has 1 aliphatic heterocycles. The second kappa shape index (κ2) is 5.72. The number of nitriles is 1. The highest BCUT2D eigenvalue weighted by molar-refractivity contribution is 5.69. The predicted molar refractivity (Wildman–Crippen MR) is 76.0 cm³/mol. The van der Waals surface area contributed by atoms with Gasteiger partial charge in [-0.05, 0) is 57.4 Å². The third kappa shape index (κ3) is 3.72. The van der Waals surface area contributed by atoms with Crippen LogP contribution in [0.15, 0.2) is 18.2 Å². The highest BCUT2D eigenvalue weighted by Gasteiger charge is 2.33. The Hall–Kier alpha value is -2.09. The van der Waals surface area contributed by atoms with Crippen molar-refractivity contribution >= 4 is 6.09 Å². The van der Waals surface area contributed by atoms with Crippen LogP contribution in [0.25, 0.3) is 0 Å². The quantitative estimate of drug-likeness (QED) is 0.791. The van der Waals surface area contributed by atoms with E-state index in [1.165, 1.54) is 12.1 Å². The van der Waals surface area contributed by atoms with Crippen molar-refractivity contribution in [2.45, 2.75) is 45.3 Å². The molecule has 0 spiro atoms. The molecule has 4 nitrogen and oxygen atoms in total. The minimum atomic E-state index is -0.566. The Kier molecular flexibility index (Phi) is 4.17. The predicted octanol–water partition coefficient (Wildman–Crippen LogP) is 3.77. The van der Waals surface area contributed by atoms with Crippen molar-refractivity contribution in [1.82, 2.24) is 4.90 Å². The highest BCUT2D eigenvalue weighted by atomic mass is 19.1. The van der Waals surface area contributed by atoms with E-state index in [0.717, 1.165) is 12.8 Å². The number of halogens is 1. The van der Waals surface area contributed by atoms with Crippen molar-refractivity contribution in [3.8, 4) is 6.07 Å². The lowest BCUT2D eigenvalue weighted by atomic mass is 10.0. The Labute approximate surface area is 124 Å². The average Bonchev–Trinajstić information content (AvgIpc) is 2.85. The largest absolute Gasteiger partial charge is 0.444 e. The molecule has 0 N–H and O–H groups in total. The van der Waals surface area contributed by atoms with Crippen molar-refractivity contribution in [2.24, 2.45) is 0 Å². The lowest BCUT2D eigenvalue weighted by molar-refractivity contribution is 0.0224. The van der Waals surface area contributed by atoms with E-state index in [1.807, 2.05) is 26.8 Å². The molecular formula is C16H19FN2O2. The van der Waals surface area contributed by atoms with Crippen molar-refractivity contribution in [2.75, 3.05) is 6.54 Å². The molecule has 0 bridgehead atoms. The second-order valence-corrected chi connectivity index (χ2v) is 6.22. The summed E-state index contributed by atoms with van der Waals surface area (Å²) < 4.78 is 19.0. The Balaban J connectivity index is 2.25. The highest BCUT2D eigenvalue weighted by Crippen LogP contribution is 2.33. The van der Waals surface area contributed by atoms with Gasteiger partial charge in [-0.2, -0.15) is 5.26 Å². The van der Waals surface area contributed by atoms with E-state index in [-0.39, 0.29) is 11.6 Å². The van der Waals surface area contributed by atoms with E-state index in [4.69, 9.17) is 10.00 Å². The van der Waals surface area contributed by atoms with Crippen LogP contribution in [-0.4, -0.2) is 23.1 Å². The third-order valence-corrected chi connectivity index (χ3v) is 3.31. The summed E-state index contributed by atoms with van der Waals surface area (Å²) >= 11 is 0. The van der Waals surface area contributed by atoms with Gasteiger partial charge in [0.1, 0.15) is 11.4 Å². The normalized spacial score (nSPS) is 18.4. The Bertz CT molecular complexity index is 587. The van der Waals surface area contributed by atoms with Crippen LogP contribution in [0.1, 0.15) is 50.8 Å². The molecule has 0 unspecified atom stereocenters. The number of hydrogen-bond donors (Lipinski definition) is 0. The summed E-state index contributed by atoms with van der Waals surface area (Å²) in [6, 6.07) is 5.91. The summed E-state index contributed by atoms with van der Waals surface area (Å²) in [5.74, 6) is -0.458. The zero-order valence-electron chi connectivity index (χ0n) is 12.5. The first-order valence-electron chi connectivity index (χ1n) is 7.00. The van der Waals surface area contributed by atoms with Crippen molar-refractivity contribution < 1.29 is 13.9 Å². The van der Waals surface area contributed by atoms with Gasteiger partial charge in [-0.25, -0.2) is 9.18 Å². The molecule has 112 valence electrons. The maximum atomic E-state index is 13.6. The van der Waals surface area contributed by atoms with Gasteiger partial charge in [0.2, 0.25) is 0 Å². The second-order valence-electron chi connectivity index (χ2n) is 6.22. The molecule has 21 heavy (non-hydrogen) atoms. The molecule has 1 atom stereocenters. The fraction of sp³-hybridized carbons (Fsp3) is 0.500. The topological polar surface area (TPSA) is 53.3 Å². The molecule has 0 aliphatic carbocycles. The van der Waals surface area contributed by atoms with Crippen LogP contribution >= 0.6 is 0 Å². The molecule has 5 heteroatoms. The van der Waals surface area contributed by atoms with Gasteiger partial charge in [-0.1, -0.05) is 0 Å². The fourth-order valence-corrected chi connectivity index (χ4v) is 2.52. The maximum absolute atomic E-state index is 13.6. The standard InChI is InChI=1S/C16H19FN2O2/c1-16(2,3)21-15(20)19-6-4-5-14(19)12-7-11(10-18)8-13(17)9-12/h7-9,14H,4-6H2,1-3H3/t14-/m1/s1. The minimum absolute atomic E-state index is 0.234. The lowest BCUT2D eigenvalue weighted by Gasteiger charge is -2.29. The van der Waals surface area contributed by atoms with Crippen LogP contribution in [-0.2, 0) is 4.74 Å². The van der Waals surface area contributed by atoms with Crippen molar-refractivity contribution in [1.29, 1.82) is 5.26 Å². The first-order chi connectivity index (χ1) is 9.80. The molecule has 1 aromatic carbocycles. The summed E-state index contributed by atoms with van der Waals surface area (Å²) in [6.45, 7) is 6.02. The van der Waals surface area contributed by atoms with Crippen LogP contribution < -0.4 is 0 Å². The van der Waals surface area contributed by atoms with Gasteiger partial charge in [0, 0.05) is 6.54 Å². The summed E-state index contributed by atoms with van der Waals surface area (Å²) in [5, 5.41) is 8.94. The molecule has 1 aliphatic rings. The van der Waals surface area contributed by atoms with E-state index in [9.17, 15) is 9.18 Å². The molecule has 0 radical (unpaired) electrons. The molecule has 1 amide bonds. The summed E-state index contributed by atoms with van der Waals surface area (Å²) in [5.41, 5.74) is 0.347. The van der Waals surface area contributed by atoms with Crippen LogP contribution in [0, 0.1) is 17.1 Å². The van der Waals surface area contributed by atoms with Gasteiger partial charge in [0.25, 0.3) is 0 Å². The Morgan fingerprint density at radius 1 is 1.43 bits per heavy atom.